The molecular formula is C13H19N3O6S2. The minimum absolute atomic E-state index is 0.0637. The first-order chi connectivity index (χ1) is 10.7. The first kappa shape index (κ1) is 20.1. The van der Waals surface area contributed by atoms with Crippen molar-refractivity contribution < 1.29 is 25.9 Å². The molecule has 0 aliphatic rings. The van der Waals surface area contributed by atoms with Gasteiger partial charge in [0.1, 0.15) is 0 Å². The summed E-state index contributed by atoms with van der Waals surface area (Å²) in [5.41, 5.74) is 5.49. The monoisotopic (exact) mass is 377 g/mol. The average molecular weight is 377 g/mol. The first-order valence-corrected chi connectivity index (χ1v) is 10.4. The lowest BCUT2D eigenvalue weighted by atomic mass is 10.0. The summed E-state index contributed by atoms with van der Waals surface area (Å²) in [6.07, 6.45) is 1.68. The number of nitrogens with one attached hydrogen (secondary N) is 1. The zero-order valence-corrected chi connectivity index (χ0v) is 15.2. The Hall–Kier alpha value is -1.98. The van der Waals surface area contributed by atoms with Crippen LogP contribution in [0.3, 0.4) is 0 Å². The fraction of sp³-hybridized carbons (Fsp3) is 0.385. The van der Waals surface area contributed by atoms with E-state index >= 15 is 0 Å². The zero-order valence-electron chi connectivity index (χ0n) is 13.6. The molecule has 3 N–H and O–H groups in total. The number of hydroxylamine groups is 2. The fourth-order valence-electron chi connectivity index (χ4n) is 1.90. The Labute approximate surface area is 140 Å². The second kappa shape index (κ2) is 6.87. The van der Waals surface area contributed by atoms with E-state index in [-0.39, 0.29) is 21.4 Å². The van der Waals surface area contributed by atoms with Gasteiger partial charge in [0.15, 0.2) is 9.84 Å². The molecule has 9 nitrogen and oxygen atoms in total. The highest BCUT2D eigenvalue weighted by Gasteiger charge is 2.26. The molecule has 1 rings (SSSR count). The van der Waals surface area contributed by atoms with Crippen molar-refractivity contribution in [2.75, 3.05) is 12.5 Å². The van der Waals surface area contributed by atoms with E-state index in [1.165, 1.54) is 12.1 Å². The molecule has 0 aromatic heterocycles. The number of rotatable bonds is 5. The van der Waals surface area contributed by atoms with Crippen molar-refractivity contribution in [2.45, 2.75) is 24.7 Å². The summed E-state index contributed by atoms with van der Waals surface area (Å²) in [6, 6.07) is 3.87. The molecule has 0 saturated carbocycles. The third-order valence-corrected chi connectivity index (χ3v) is 4.47. The number of amides is 1. The van der Waals surface area contributed by atoms with Crippen LogP contribution in [0.25, 0.3) is 0 Å². The summed E-state index contributed by atoms with van der Waals surface area (Å²) in [5, 5.41) is 7.35. The summed E-state index contributed by atoms with van der Waals surface area (Å²) < 4.78 is 50.6. The zero-order chi connectivity index (χ0) is 18.9. The molecule has 0 spiro atoms. The van der Waals surface area contributed by atoms with Crippen LogP contribution in [0.1, 0.15) is 35.7 Å². The lowest BCUT2D eigenvalue weighted by molar-refractivity contribution is 0.0201. The van der Waals surface area contributed by atoms with E-state index in [2.05, 4.69) is 4.28 Å². The summed E-state index contributed by atoms with van der Waals surface area (Å²) in [7, 11) is -7.75. The van der Waals surface area contributed by atoms with Gasteiger partial charge in [0.2, 0.25) is 5.96 Å². The van der Waals surface area contributed by atoms with Crippen molar-refractivity contribution in [3.63, 3.8) is 0 Å². The van der Waals surface area contributed by atoms with Crippen molar-refractivity contribution >= 4 is 31.8 Å². The van der Waals surface area contributed by atoms with Crippen LogP contribution in [0, 0.1) is 5.41 Å². The molecule has 1 aromatic carbocycles. The van der Waals surface area contributed by atoms with Crippen molar-refractivity contribution in [3.8, 4) is 0 Å². The number of nitrogens with two attached hydrogens (primary N) is 1. The first-order valence-electron chi connectivity index (χ1n) is 6.66. The number of hydrogen-bond acceptors (Lipinski definition) is 7. The molecule has 11 heteroatoms. The van der Waals surface area contributed by atoms with Crippen molar-refractivity contribution in [2.24, 2.45) is 5.73 Å². The summed E-state index contributed by atoms with van der Waals surface area (Å²) in [5.74, 6) is -2.15. The summed E-state index contributed by atoms with van der Waals surface area (Å²) >= 11 is 0. The van der Waals surface area contributed by atoms with Crippen molar-refractivity contribution in [1.82, 2.24) is 5.06 Å². The average Bonchev–Trinajstić information content (AvgIpc) is 2.41. The Balaban J connectivity index is 3.45. The van der Waals surface area contributed by atoms with E-state index in [1.54, 1.807) is 13.8 Å². The van der Waals surface area contributed by atoms with Gasteiger partial charge in [-0.15, -0.1) is 9.35 Å². The molecule has 1 aromatic rings. The highest BCUT2D eigenvalue weighted by molar-refractivity contribution is 7.90. The van der Waals surface area contributed by atoms with Crippen LogP contribution >= 0.6 is 0 Å². The molecule has 0 saturated heterocycles. The Morgan fingerprint density at radius 3 is 2.12 bits per heavy atom. The van der Waals surface area contributed by atoms with E-state index < -0.39 is 31.8 Å². The Kier molecular flexibility index (Phi) is 5.74. The Morgan fingerprint density at radius 2 is 1.75 bits per heavy atom. The Morgan fingerprint density at radius 1 is 1.21 bits per heavy atom. The van der Waals surface area contributed by atoms with Gasteiger partial charge in [-0.1, -0.05) is 19.9 Å². The van der Waals surface area contributed by atoms with Crippen molar-refractivity contribution in [1.29, 1.82) is 5.41 Å². The molecule has 0 radical (unpaired) electrons. The highest BCUT2D eigenvalue weighted by atomic mass is 32.2. The number of carbonyl (C=O) groups is 1. The van der Waals surface area contributed by atoms with E-state index in [4.69, 9.17) is 11.1 Å². The summed E-state index contributed by atoms with van der Waals surface area (Å²) in [6.45, 7) is 3.58. The molecule has 0 aliphatic carbocycles. The maximum Gasteiger partial charge on any atom is 0.286 e. The third kappa shape index (κ3) is 5.01. The van der Waals surface area contributed by atoms with Crippen molar-refractivity contribution in [3.05, 3.63) is 29.3 Å². The molecule has 0 atom stereocenters. The van der Waals surface area contributed by atoms with Crippen LogP contribution in [0.4, 0.5) is 0 Å². The molecule has 1 amide bonds. The topological polar surface area (TPSA) is 148 Å². The third-order valence-electron chi connectivity index (χ3n) is 2.90. The summed E-state index contributed by atoms with van der Waals surface area (Å²) in [4.78, 5) is 12.3. The number of sulfone groups is 1. The number of guanidine groups is 1. The van der Waals surface area contributed by atoms with Crippen LogP contribution in [-0.2, 0) is 24.2 Å². The minimum atomic E-state index is -4.12. The van der Waals surface area contributed by atoms with Gasteiger partial charge in [-0.05, 0) is 23.6 Å². The standard InChI is InChI=1S/C13H19N3O6S2/c1-8(2)10-6-5-9(7-11(10)23(3,18)19)12(17)16(13(14)15)22-24(4,20)21/h5-8H,1-4H3,(H3,14,15). The smallest absolute Gasteiger partial charge is 0.286 e. The molecule has 0 fully saturated rings. The predicted octanol–water partition coefficient (Wildman–Crippen LogP) is 0.440. The number of nitrogens with zero attached hydrogens (tertiary/aromatic N) is 1. The normalized spacial score (nSPS) is 12.2. The lowest BCUT2D eigenvalue weighted by Gasteiger charge is -2.19. The van der Waals surface area contributed by atoms with E-state index in [0.717, 1.165) is 12.3 Å². The van der Waals surface area contributed by atoms with Gasteiger partial charge in [-0.25, -0.2) is 8.42 Å². The van der Waals surface area contributed by atoms with Crippen LogP contribution in [-0.4, -0.2) is 46.3 Å². The maximum absolute atomic E-state index is 12.3. The molecule has 0 unspecified atom stereocenters. The SMILES string of the molecule is CC(C)c1ccc(C(=O)N(OS(C)(=O)=O)C(=N)N)cc1S(C)(=O)=O. The highest BCUT2D eigenvalue weighted by Crippen LogP contribution is 2.25. The predicted molar refractivity (Wildman–Crippen MR) is 87.7 cm³/mol. The van der Waals surface area contributed by atoms with Gasteiger partial charge in [-0.3, -0.25) is 10.2 Å². The minimum Gasteiger partial charge on any atom is -0.368 e. The number of carbonyl (C=O) groups excluding carboxylic acids is 1. The Bertz CT molecular complexity index is 875. The molecular weight excluding hydrogens is 358 g/mol. The van der Waals surface area contributed by atoms with Crippen LogP contribution < -0.4 is 5.73 Å². The molecule has 134 valence electrons. The van der Waals surface area contributed by atoms with Crippen LogP contribution in [0.5, 0.6) is 0 Å². The number of benzene rings is 1. The van der Waals surface area contributed by atoms with Crippen LogP contribution in [0.15, 0.2) is 23.1 Å². The van der Waals surface area contributed by atoms with Gasteiger partial charge in [-0.2, -0.15) is 8.42 Å². The second-order valence-corrected chi connectivity index (χ2v) is 8.98. The fourth-order valence-corrected chi connectivity index (χ4v) is 3.39. The van der Waals surface area contributed by atoms with E-state index in [1.807, 2.05) is 0 Å². The second-order valence-electron chi connectivity index (χ2n) is 5.44. The van der Waals surface area contributed by atoms with Gasteiger partial charge in [0, 0.05) is 11.8 Å². The van der Waals surface area contributed by atoms with Gasteiger partial charge < -0.3 is 5.73 Å². The van der Waals surface area contributed by atoms with E-state index in [9.17, 15) is 21.6 Å². The van der Waals surface area contributed by atoms with Gasteiger partial charge in [0.05, 0.1) is 11.2 Å². The van der Waals surface area contributed by atoms with Gasteiger partial charge in [0.25, 0.3) is 16.0 Å². The molecule has 0 heterocycles. The largest absolute Gasteiger partial charge is 0.368 e. The quantitative estimate of drug-likeness (QED) is 0.430. The lowest BCUT2D eigenvalue weighted by Crippen LogP contribution is -2.42. The molecule has 0 aliphatic heterocycles. The maximum atomic E-state index is 12.3. The molecule has 0 bridgehead atoms. The van der Waals surface area contributed by atoms with Crippen LogP contribution in [0.2, 0.25) is 0 Å². The number of hydrogen-bond donors (Lipinski definition) is 2. The molecule has 24 heavy (non-hydrogen) atoms. The van der Waals surface area contributed by atoms with E-state index in [0.29, 0.717) is 11.8 Å². The van der Waals surface area contributed by atoms with Gasteiger partial charge >= 0.3 is 0 Å².